The van der Waals surface area contributed by atoms with Crippen LogP contribution >= 0.6 is 11.6 Å². The molecule has 0 fully saturated rings. The molecule has 0 aliphatic rings. The quantitative estimate of drug-likeness (QED) is 0.326. The van der Waals surface area contributed by atoms with Crippen molar-refractivity contribution in [1.82, 2.24) is 4.98 Å². The van der Waals surface area contributed by atoms with E-state index in [0.717, 1.165) is 11.1 Å². The molecular weight excluding hydrogens is 314 g/mol. The molecule has 0 N–H and O–H groups in total. The van der Waals surface area contributed by atoms with Gasteiger partial charge in [-0.2, -0.15) is 0 Å². The van der Waals surface area contributed by atoms with Crippen LogP contribution < -0.4 is 0 Å². The van der Waals surface area contributed by atoms with E-state index in [1.54, 1.807) is 25.3 Å². The predicted molar refractivity (Wildman–Crippen MR) is 93.8 cm³/mol. The first-order chi connectivity index (χ1) is 11.0. The Labute approximate surface area is 142 Å². The second kappa shape index (κ2) is 12.4. The van der Waals surface area contributed by atoms with Gasteiger partial charge in [-0.3, -0.25) is 14.6 Å². The number of pyridine rings is 1. The maximum Gasteiger partial charge on any atom is 0.293 e. The van der Waals surface area contributed by atoms with Crippen LogP contribution in [0.5, 0.6) is 0 Å². The molecule has 124 valence electrons. The number of aromatic nitrogens is 1. The van der Waals surface area contributed by atoms with Crippen LogP contribution in [-0.4, -0.2) is 29.7 Å². The number of ether oxygens (including phenoxy) is 1. The number of Topliss-reactive ketones (excluding diaryl/α,β-unsaturated/α-hetero) is 1. The molecule has 1 aromatic heterocycles. The fourth-order valence-electron chi connectivity index (χ4n) is 1.38. The summed E-state index contributed by atoms with van der Waals surface area (Å²) in [6.45, 7) is 9.55. The average Bonchev–Trinajstić information content (AvgIpc) is 2.54. The highest BCUT2D eigenvalue weighted by molar-refractivity contribution is 6.19. The molecule has 0 bridgehead atoms. The molecule has 1 heterocycles. The highest BCUT2D eigenvalue weighted by Crippen LogP contribution is 2.05. The van der Waals surface area contributed by atoms with Crippen LogP contribution in [-0.2, 0) is 9.53 Å². The normalized spacial score (nSPS) is 10.0. The number of carbonyl (C=O) groups excluding carboxylic acids is 2. The summed E-state index contributed by atoms with van der Waals surface area (Å²) < 4.78 is 4.35. The molecule has 0 unspecified atom stereocenters. The first-order valence-corrected chi connectivity index (χ1v) is 7.51. The van der Waals surface area contributed by atoms with Crippen LogP contribution in [0.2, 0.25) is 0 Å². The van der Waals surface area contributed by atoms with Crippen molar-refractivity contribution in [2.45, 2.75) is 20.8 Å². The van der Waals surface area contributed by atoms with Gasteiger partial charge in [0.2, 0.25) is 5.78 Å². The first kappa shape index (κ1) is 20.8. The van der Waals surface area contributed by atoms with E-state index in [9.17, 15) is 9.59 Å². The molecule has 1 rings (SSSR count). The lowest BCUT2D eigenvalue weighted by atomic mass is 10.1. The zero-order chi connectivity index (χ0) is 17.7. The number of alkyl halides is 1. The van der Waals surface area contributed by atoms with Crippen molar-refractivity contribution in [1.29, 1.82) is 0 Å². The Morgan fingerprint density at radius 3 is 2.57 bits per heavy atom. The molecule has 0 aliphatic heterocycles. The highest BCUT2D eigenvalue weighted by Gasteiger charge is 2.08. The van der Waals surface area contributed by atoms with Crippen molar-refractivity contribution < 1.29 is 14.3 Å². The van der Waals surface area contributed by atoms with Gasteiger partial charge < -0.3 is 4.74 Å². The maximum absolute atomic E-state index is 11.3. The summed E-state index contributed by atoms with van der Waals surface area (Å²) in [6.07, 6.45) is 8.85. The van der Waals surface area contributed by atoms with Crippen molar-refractivity contribution in [3.8, 4) is 0 Å². The molecule has 0 aromatic carbocycles. The van der Waals surface area contributed by atoms with Crippen LogP contribution in [0.1, 0.15) is 29.8 Å². The van der Waals surface area contributed by atoms with Gasteiger partial charge in [-0.1, -0.05) is 30.4 Å². The summed E-state index contributed by atoms with van der Waals surface area (Å²) in [7, 11) is 0. The fourth-order valence-corrected chi connectivity index (χ4v) is 1.58. The molecule has 0 amide bonds. The molecule has 5 heteroatoms. The van der Waals surface area contributed by atoms with Crippen molar-refractivity contribution in [2.24, 2.45) is 0 Å². The minimum absolute atomic E-state index is 0.226. The summed E-state index contributed by atoms with van der Waals surface area (Å²) in [5, 5.41) is 0. The molecule has 0 saturated heterocycles. The minimum Gasteiger partial charge on any atom is -0.459 e. The lowest BCUT2D eigenvalue weighted by molar-refractivity contribution is -0.127. The van der Waals surface area contributed by atoms with E-state index in [-0.39, 0.29) is 18.9 Å². The first-order valence-electron chi connectivity index (χ1n) is 6.97. The summed E-state index contributed by atoms with van der Waals surface area (Å²) in [5.74, 6) is 0.297. The van der Waals surface area contributed by atoms with Gasteiger partial charge in [0.1, 0.15) is 0 Å². The largest absolute Gasteiger partial charge is 0.459 e. The van der Waals surface area contributed by atoms with Crippen molar-refractivity contribution in [2.75, 3.05) is 12.5 Å². The Balaban J connectivity index is 0.000000438. The van der Waals surface area contributed by atoms with Gasteiger partial charge in [-0.05, 0) is 38.0 Å². The zero-order valence-electron chi connectivity index (χ0n) is 13.7. The number of allylic oxidation sites excluding steroid dienone is 5. The van der Waals surface area contributed by atoms with Gasteiger partial charge in [0.25, 0.3) is 6.47 Å². The highest BCUT2D eigenvalue weighted by atomic mass is 35.5. The van der Waals surface area contributed by atoms with Crippen LogP contribution in [0, 0.1) is 6.92 Å². The minimum atomic E-state index is -0.238. The van der Waals surface area contributed by atoms with Crippen LogP contribution in [0.4, 0.5) is 0 Å². The molecule has 0 radical (unpaired) electrons. The molecular formula is C18H22ClNO3. The third-order valence-corrected chi connectivity index (χ3v) is 2.98. The summed E-state index contributed by atoms with van der Waals surface area (Å²) in [6, 6.07) is 1.73. The van der Waals surface area contributed by atoms with Gasteiger partial charge in [-0.15, -0.1) is 11.6 Å². The smallest absolute Gasteiger partial charge is 0.293 e. The van der Waals surface area contributed by atoms with Crippen LogP contribution in [0.15, 0.2) is 54.4 Å². The molecule has 0 spiro atoms. The van der Waals surface area contributed by atoms with E-state index in [4.69, 9.17) is 11.6 Å². The van der Waals surface area contributed by atoms with Crippen molar-refractivity contribution in [3.05, 3.63) is 65.5 Å². The van der Waals surface area contributed by atoms with Gasteiger partial charge in [0.05, 0.1) is 0 Å². The molecule has 1 aromatic rings. The Kier molecular flexibility index (Phi) is 11.2. The van der Waals surface area contributed by atoms with Crippen molar-refractivity contribution in [3.63, 3.8) is 0 Å². The molecule has 0 saturated carbocycles. The Bertz CT molecular complexity index is 588. The van der Waals surface area contributed by atoms with Gasteiger partial charge in [0.15, 0.2) is 6.61 Å². The molecule has 0 atom stereocenters. The number of ketones is 1. The number of carbonyl (C=O) groups is 2. The second-order valence-electron chi connectivity index (χ2n) is 4.84. The third-order valence-electron chi connectivity index (χ3n) is 2.67. The van der Waals surface area contributed by atoms with E-state index in [1.165, 1.54) is 11.8 Å². The fraction of sp³-hybridized carbons (Fsp3) is 0.278. The standard InChI is InChI=1S/C9H13Cl.C9H9NO3/c1-4-9(7-10)6-5-8(2)3;1-7-2-3-10-4-8(7)9(12)5-13-6-11/h4-6H,1,7H2,2-3H3;2-4,6H,5H2,1H3/b9-6+;. The average molecular weight is 336 g/mol. The topological polar surface area (TPSA) is 56.3 Å². The summed E-state index contributed by atoms with van der Waals surface area (Å²) in [5.41, 5.74) is 3.64. The number of hydrogen-bond acceptors (Lipinski definition) is 4. The number of halogens is 1. The van der Waals surface area contributed by atoms with Crippen LogP contribution in [0.25, 0.3) is 0 Å². The number of aryl methyl sites for hydroxylation is 1. The van der Waals surface area contributed by atoms with Gasteiger partial charge in [-0.25, -0.2) is 0 Å². The molecule has 23 heavy (non-hydrogen) atoms. The number of nitrogens with zero attached hydrogens (tertiary/aromatic N) is 1. The Morgan fingerprint density at radius 2 is 2.09 bits per heavy atom. The third kappa shape index (κ3) is 9.42. The zero-order valence-corrected chi connectivity index (χ0v) is 14.5. The SMILES string of the molecule is C=C/C(=C\C=C(C)C)CCl.Cc1ccncc1C(=O)COC=O. The van der Waals surface area contributed by atoms with Gasteiger partial charge in [0, 0.05) is 23.8 Å². The lowest BCUT2D eigenvalue weighted by Crippen LogP contribution is -2.10. The second-order valence-corrected chi connectivity index (χ2v) is 5.11. The van der Waals surface area contributed by atoms with Gasteiger partial charge >= 0.3 is 0 Å². The van der Waals surface area contributed by atoms with Crippen LogP contribution in [0.3, 0.4) is 0 Å². The van der Waals surface area contributed by atoms with E-state index in [1.807, 2.05) is 26.0 Å². The van der Waals surface area contributed by atoms with Crippen molar-refractivity contribution >= 4 is 23.9 Å². The predicted octanol–water partition coefficient (Wildman–Crippen LogP) is 4.05. The summed E-state index contributed by atoms with van der Waals surface area (Å²) in [4.78, 5) is 24.9. The molecule has 0 aliphatic carbocycles. The lowest BCUT2D eigenvalue weighted by Gasteiger charge is -2.01. The van der Waals surface area contributed by atoms with E-state index in [0.29, 0.717) is 11.4 Å². The molecule has 4 nitrogen and oxygen atoms in total. The maximum atomic E-state index is 11.3. The van der Waals surface area contributed by atoms with E-state index >= 15 is 0 Å². The summed E-state index contributed by atoms with van der Waals surface area (Å²) >= 11 is 5.58. The number of rotatable bonds is 7. The van der Waals surface area contributed by atoms with E-state index < -0.39 is 0 Å². The number of hydrogen-bond donors (Lipinski definition) is 0. The Hall–Kier alpha value is -2.20. The monoisotopic (exact) mass is 335 g/mol. The van der Waals surface area contributed by atoms with E-state index in [2.05, 4.69) is 16.3 Å². The Morgan fingerprint density at radius 1 is 1.39 bits per heavy atom.